The molecule has 0 fully saturated rings. The molecule has 0 aliphatic heterocycles. The number of methoxy groups -OCH3 is 1. The second kappa shape index (κ2) is 36.5. The summed E-state index contributed by atoms with van der Waals surface area (Å²) in [5, 5.41) is 3.28. The highest BCUT2D eigenvalue weighted by molar-refractivity contribution is 4.43. The first-order chi connectivity index (χ1) is 18.9. The predicted molar refractivity (Wildman–Crippen MR) is 143 cm³/mol. The minimum atomic E-state index is 0.524. The summed E-state index contributed by atoms with van der Waals surface area (Å²) in [6.07, 6.45) is 1.14. The maximum absolute atomic E-state index is 5.46. The van der Waals surface area contributed by atoms with E-state index < -0.39 is 0 Å². The van der Waals surface area contributed by atoms with Crippen LogP contribution in [0.3, 0.4) is 0 Å². The lowest BCUT2D eigenvalue weighted by Gasteiger charge is -2.09. The molecule has 1 N–H and O–H groups in total. The molecule has 38 heavy (non-hydrogen) atoms. The molecule has 0 amide bonds. The van der Waals surface area contributed by atoms with Crippen molar-refractivity contribution in [1.29, 1.82) is 0 Å². The summed E-state index contributed by atoms with van der Waals surface area (Å²) in [4.78, 5) is 0. The Hall–Kier alpha value is -0.480. The van der Waals surface area contributed by atoms with Crippen LogP contribution in [0.15, 0.2) is 0 Å². The van der Waals surface area contributed by atoms with Gasteiger partial charge in [0, 0.05) is 13.7 Å². The van der Waals surface area contributed by atoms with Gasteiger partial charge in [-0.05, 0) is 13.0 Å². The Balaban J connectivity index is 3.01. The average molecular weight is 558 g/mol. The molecule has 0 atom stereocenters. The molecule has 0 aromatic heterocycles. The lowest BCUT2D eigenvalue weighted by atomic mass is 10.5. The average Bonchev–Trinajstić information content (AvgIpc) is 2.93. The van der Waals surface area contributed by atoms with Crippen LogP contribution in [0.5, 0.6) is 0 Å². The van der Waals surface area contributed by atoms with Gasteiger partial charge in [-0.15, -0.1) is 0 Å². The normalized spacial score (nSPS) is 11.5. The first kappa shape index (κ1) is 37.5. The van der Waals surface area contributed by atoms with Crippen LogP contribution in [0.2, 0.25) is 0 Å². The van der Waals surface area contributed by atoms with E-state index in [1.54, 1.807) is 7.11 Å². The van der Waals surface area contributed by atoms with Crippen molar-refractivity contribution in [3.8, 4) is 0 Å². The van der Waals surface area contributed by atoms with E-state index in [2.05, 4.69) is 12.2 Å². The van der Waals surface area contributed by atoms with Crippen LogP contribution in [-0.2, 0) is 52.1 Å². The lowest BCUT2D eigenvalue weighted by Crippen LogP contribution is -2.21. The Bertz CT molecular complexity index is 375. The molecule has 0 aliphatic rings. The summed E-state index contributed by atoms with van der Waals surface area (Å²) < 4.78 is 59.2. The SMILES string of the molecule is CCCNCCOCCOCCOCCOCCOCCOCCOCCOCCOCCOCCOC. The van der Waals surface area contributed by atoms with Crippen molar-refractivity contribution >= 4 is 0 Å². The molecule has 0 saturated carbocycles. The quantitative estimate of drug-likeness (QED) is 0.111. The molecule has 0 heterocycles. The fourth-order valence-corrected chi connectivity index (χ4v) is 2.67. The van der Waals surface area contributed by atoms with Crippen LogP contribution in [0.25, 0.3) is 0 Å². The molecule has 0 aromatic carbocycles. The van der Waals surface area contributed by atoms with E-state index in [0.717, 1.165) is 19.5 Å². The van der Waals surface area contributed by atoms with Gasteiger partial charge in [-0.1, -0.05) is 6.92 Å². The monoisotopic (exact) mass is 557 g/mol. The zero-order chi connectivity index (χ0) is 27.5. The molecule has 12 nitrogen and oxygen atoms in total. The van der Waals surface area contributed by atoms with E-state index in [4.69, 9.17) is 52.1 Å². The Kier molecular flexibility index (Phi) is 36.1. The van der Waals surface area contributed by atoms with Crippen molar-refractivity contribution < 1.29 is 52.1 Å². The van der Waals surface area contributed by atoms with Gasteiger partial charge in [-0.3, -0.25) is 0 Å². The molecule has 230 valence electrons. The summed E-state index contributed by atoms with van der Waals surface area (Å²) in [5.41, 5.74) is 0. The van der Waals surface area contributed by atoms with E-state index in [0.29, 0.717) is 139 Å². The molecular formula is C26H55NO11. The maximum Gasteiger partial charge on any atom is 0.0701 e. The standard InChI is InChI=1S/C26H55NO11/c1-3-4-27-5-6-29-9-10-31-13-14-33-17-18-35-21-22-37-25-26-38-24-23-36-20-19-34-16-15-32-12-11-30-8-7-28-2/h27H,3-26H2,1-2H3. The summed E-state index contributed by atoms with van der Waals surface area (Å²) in [6.45, 7) is 15.7. The predicted octanol–water partition coefficient (Wildman–Crippen LogP) is 0.798. The first-order valence-electron chi connectivity index (χ1n) is 13.9. The van der Waals surface area contributed by atoms with Crippen LogP contribution in [0, 0.1) is 0 Å². The van der Waals surface area contributed by atoms with Crippen LogP contribution in [-0.4, -0.2) is 159 Å². The second-order valence-corrected chi connectivity index (χ2v) is 7.87. The molecule has 0 radical (unpaired) electrons. The van der Waals surface area contributed by atoms with Crippen molar-refractivity contribution in [2.75, 3.05) is 159 Å². The van der Waals surface area contributed by atoms with Gasteiger partial charge >= 0.3 is 0 Å². The molecule has 0 aromatic rings. The highest BCUT2D eigenvalue weighted by atomic mass is 16.6. The fraction of sp³-hybridized carbons (Fsp3) is 1.00. The topological polar surface area (TPSA) is 114 Å². The van der Waals surface area contributed by atoms with Crippen molar-refractivity contribution in [1.82, 2.24) is 5.32 Å². The Morgan fingerprint density at radius 3 is 0.789 bits per heavy atom. The zero-order valence-corrected chi connectivity index (χ0v) is 24.0. The smallest absolute Gasteiger partial charge is 0.0701 e. The fourth-order valence-electron chi connectivity index (χ4n) is 2.67. The lowest BCUT2D eigenvalue weighted by molar-refractivity contribution is -0.0270. The van der Waals surface area contributed by atoms with Crippen LogP contribution < -0.4 is 5.32 Å². The highest BCUT2D eigenvalue weighted by Crippen LogP contribution is 1.86. The number of ether oxygens (including phenoxy) is 11. The van der Waals surface area contributed by atoms with Gasteiger partial charge in [-0.2, -0.15) is 0 Å². The van der Waals surface area contributed by atoms with E-state index >= 15 is 0 Å². The van der Waals surface area contributed by atoms with E-state index in [1.807, 2.05) is 0 Å². The summed E-state index contributed by atoms with van der Waals surface area (Å²) >= 11 is 0. The van der Waals surface area contributed by atoms with Gasteiger partial charge in [0.25, 0.3) is 0 Å². The number of hydrogen-bond acceptors (Lipinski definition) is 12. The molecule has 0 bridgehead atoms. The Labute approximate surface area is 230 Å². The van der Waals surface area contributed by atoms with Crippen LogP contribution in [0.1, 0.15) is 13.3 Å². The van der Waals surface area contributed by atoms with Gasteiger partial charge in [0.05, 0.1) is 139 Å². The first-order valence-corrected chi connectivity index (χ1v) is 13.9. The van der Waals surface area contributed by atoms with Crippen molar-refractivity contribution in [2.24, 2.45) is 0 Å². The zero-order valence-electron chi connectivity index (χ0n) is 24.0. The summed E-state index contributed by atoms with van der Waals surface area (Å²) in [7, 11) is 1.65. The van der Waals surface area contributed by atoms with Crippen LogP contribution in [0.4, 0.5) is 0 Å². The largest absolute Gasteiger partial charge is 0.382 e. The van der Waals surface area contributed by atoms with Gasteiger partial charge in [-0.25, -0.2) is 0 Å². The third-order valence-electron chi connectivity index (χ3n) is 4.63. The van der Waals surface area contributed by atoms with Gasteiger partial charge < -0.3 is 57.4 Å². The van der Waals surface area contributed by atoms with Crippen molar-refractivity contribution in [3.05, 3.63) is 0 Å². The molecule has 0 unspecified atom stereocenters. The van der Waals surface area contributed by atoms with E-state index in [1.165, 1.54) is 0 Å². The Morgan fingerprint density at radius 2 is 0.553 bits per heavy atom. The minimum absolute atomic E-state index is 0.524. The molecule has 12 heteroatoms. The minimum Gasteiger partial charge on any atom is -0.382 e. The molecule has 0 spiro atoms. The van der Waals surface area contributed by atoms with E-state index in [-0.39, 0.29) is 0 Å². The van der Waals surface area contributed by atoms with Gasteiger partial charge in [0.1, 0.15) is 0 Å². The van der Waals surface area contributed by atoms with E-state index in [9.17, 15) is 0 Å². The maximum atomic E-state index is 5.46. The summed E-state index contributed by atoms with van der Waals surface area (Å²) in [5.74, 6) is 0. The van der Waals surface area contributed by atoms with Crippen LogP contribution >= 0.6 is 0 Å². The second-order valence-electron chi connectivity index (χ2n) is 7.87. The molecular weight excluding hydrogens is 502 g/mol. The third-order valence-corrected chi connectivity index (χ3v) is 4.63. The number of hydrogen-bond donors (Lipinski definition) is 1. The van der Waals surface area contributed by atoms with Gasteiger partial charge in [0.2, 0.25) is 0 Å². The Morgan fingerprint density at radius 1 is 0.316 bits per heavy atom. The molecule has 0 rings (SSSR count). The van der Waals surface area contributed by atoms with Crippen molar-refractivity contribution in [3.63, 3.8) is 0 Å². The molecule has 0 aliphatic carbocycles. The highest BCUT2D eigenvalue weighted by Gasteiger charge is 1.96. The van der Waals surface area contributed by atoms with Gasteiger partial charge in [0.15, 0.2) is 0 Å². The third kappa shape index (κ3) is 35.5. The number of nitrogens with one attached hydrogen (secondary N) is 1. The molecule has 0 saturated heterocycles. The summed E-state index contributed by atoms with van der Waals surface area (Å²) in [6, 6.07) is 0. The number of rotatable bonds is 35. The van der Waals surface area contributed by atoms with Crippen molar-refractivity contribution in [2.45, 2.75) is 13.3 Å².